The van der Waals surface area contributed by atoms with Crippen molar-refractivity contribution in [2.75, 3.05) is 53.7 Å². The summed E-state index contributed by atoms with van der Waals surface area (Å²) < 4.78 is 46.6. The van der Waals surface area contributed by atoms with E-state index >= 15 is 0 Å². The molecule has 1 rings (SSSR count). The van der Waals surface area contributed by atoms with Gasteiger partial charge in [0, 0.05) is 20.8 Å². The molecule has 25 heavy (non-hydrogen) atoms. The lowest BCUT2D eigenvalue weighted by Gasteiger charge is -2.21. The van der Waals surface area contributed by atoms with Crippen LogP contribution < -0.4 is 4.74 Å². The summed E-state index contributed by atoms with van der Waals surface area (Å²) in [6.45, 7) is 2.49. The molecule has 0 spiro atoms. The molecule has 9 heteroatoms. The highest BCUT2D eigenvalue weighted by atomic mass is 32.2. The van der Waals surface area contributed by atoms with Gasteiger partial charge >= 0.3 is 5.97 Å². The fourth-order valence-electron chi connectivity index (χ4n) is 1.93. The van der Waals surface area contributed by atoms with Crippen molar-refractivity contribution in [2.45, 2.75) is 11.8 Å². The summed E-state index contributed by atoms with van der Waals surface area (Å²) in [6, 6.07) is 5.98. The Morgan fingerprint density at radius 2 is 1.68 bits per heavy atom. The maximum Gasteiger partial charge on any atom is 0.321 e. The van der Waals surface area contributed by atoms with Gasteiger partial charge in [-0.3, -0.25) is 4.79 Å². The molecule has 0 aliphatic heterocycles. The zero-order valence-electron chi connectivity index (χ0n) is 14.8. The average Bonchev–Trinajstić information content (AvgIpc) is 2.59. The molecule has 0 atom stereocenters. The van der Waals surface area contributed by atoms with Crippen LogP contribution in [0.3, 0.4) is 0 Å². The number of methoxy groups -OCH3 is 2. The van der Waals surface area contributed by atoms with Gasteiger partial charge in [0.25, 0.3) is 0 Å². The Balaban J connectivity index is 2.89. The summed E-state index contributed by atoms with van der Waals surface area (Å²) in [6.07, 6.45) is 0. The van der Waals surface area contributed by atoms with E-state index in [-0.39, 0.29) is 31.2 Å². The maximum atomic E-state index is 12.8. The molecule has 1 aromatic rings. The van der Waals surface area contributed by atoms with Crippen LogP contribution >= 0.6 is 0 Å². The second-order valence-electron chi connectivity index (χ2n) is 4.95. The smallest absolute Gasteiger partial charge is 0.321 e. The van der Waals surface area contributed by atoms with Gasteiger partial charge in [0.2, 0.25) is 10.0 Å². The number of carbonyl (C=O) groups is 1. The molecule has 142 valence electrons. The first-order valence-electron chi connectivity index (χ1n) is 7.82. The van der Waals surface area contributed by atoms with Crippen molar-refractivity contribution in [3.63, 3.8) is 0 Å². The summed E-state index contributed by atoms with van der Waals surface area (Å²) in [7, 11) is -0.830. The van der Waals surface area contributed by atoms with Crippen LogP contribution in [0.1, 0.15) is 6.92 Å². The van der Waals surface area contributed by atoms with Gasteiger partial charge in [0.05, 0.1) is 24.7 Å². The first-order valence-corrected chi connectivity index (χ1v) is 9.26. The zero-order chi connectivity index (χ0) is 18.7. The van der Waals surface area contributed by atoms with Crippen LogP contribution in [0.5, 0.6) is 5.75 Å². The molecule has 0 fully saturated rings. The number of benzene rings is 1. The van der Waals surface area contributed by atoms with Gasteiger partial charge in [-0.05, 0) is 31.2 Å². The van der Waals surface area contributed by atoms with Crippen molar-refractivity contribution >= 4 is 16.0 Å². The molecule has 0 radical (unpaired) electrons. The molecule has 0 unspecified atom stereocenters. The second kappa shape index (κ2) is 11.0. The zero-order valence-corrected chi connectivity index (χ0v) is 15.6. The fourth-order valence-corrected chi connectivity index (χ4v) is 3.30. The number of esters is 1. The number of nitrogens with zero attached hydrogens (tertiary/aromatic N) is 1. The monoisotopic (exact) mass is 375 g/mol. The first-order chi connectivity index (χ1) is 12.0. The molecular formula is C16H25NO7S. The normalized spacial score (nSPS) is 11.5. The van der Waals surface area contributed by atoms with E-state index in [9.17, 15) is 13.2 Å². The summed E-state index contributed by atoms with van der Waals surface area (Å²) in [5.74, 6) is -0.0773. The number of sulfonamides is 1. The van der Waals surface area contributed by atoms with Crippen molar-refractivity contribution in [2.24, 2.45) is 0 Å². The summed E-state index contributed by atoms with van der Waals surface area (Å²) in [4.78, 5) is 11.8. The Kier molecular flexibility index (Phi) is 9.43. The van der Waals surface area contributed by atoms with Crippen LogP contribution in [-0.2, 0) is 29.0 Å². The molecule has 8 nitrogen and oxygen atoms in total. The molecule has 0 aliphatic rings. The minimum Gasteiger partial charge on any atom is -0.491 e. The first kappa shape index (κ1) is 21.4. The maximum absolute atomic E-state index is 12.8. The largest absolute Gasteiger partial charge is 0.491 e. The molecule has 0 saturated carbocycles. The van der Waals surface area contributed by atoms with Gasteiger partial charge in [-0.1, -0.05) is 0 Å². The highest BCUT2D eigenvalue weighted by Gasteiger charge is 2.27. The van der Waals surface area contributed by atoms with Gasteiger partial charge in [-0.15, -0.1) is 0 Å². The van der Waals surface area contributed by atoms with Crippen LogP contribution in [0.25, 0.3) is 0 Å². The molecule has 0 heterocycles. The third-order valence-electron chi connectivity index (χ3n) is 3.17. The third kappa shape index (κ3) is 6.99. The SMILES string of the molecule is CCOC(=O)CN(CCOC)S(=O)(=O)c1ccc(OCCOC)cc1. The van der Waals surface area contributed by atoms with E-state index < -0.39 is 16.0 Å². The predicted molar refractivity (Wildman–Crippen MR) is 91.1 cm³/mol. The average molecular weight is 375 g/mol. The van der Waals surface area contributed by atoms with Crippen LogP contribution in [-0.4, -0.2) is 72.4 Å². The Labute approximate surface area is 148 Å². The Bertz CT molecular complexity index is 616. The fraction of sp³-hybridized carbons (Fsp3) is 0.562. The lowest BCUT2D eigenvalue weighted by atomic mass is 10.3. The quantitative estimate of drug-likeness (QED) is 0.396. The van der Waals surface area contributed by atoms with E-state index in [1.54, 1.807) is 26.2 Å². The highest BCUT2D eigenvalue weighted by Crippen LogP contribution is 2.19. The topological polar surface area (TPSA) is 91.4 Å². The van der Waals surface area contributed by atoms with E-state index in [0.717, 1.165) is 4.31 Å². The van der Waals surface area contributed by atoms with Crippen LogP contribution in [0.15, 0.2) is 29.2 Å². The van der Waals surface area contributed by atoms with E-state index in [4.69, 9.17) is 18.9 Å². The van der Waals surface area contributed by atoms with Gasteiger partial charge in [0.1, 0.15) is 18.9 Å². The molecule has 1 aromatic carbocycles. The minimum atomic E-state index is -3.86. The number of rotatable bonds is 12. The van der Waals surface area contributed by atoms with Gasteiger partial charge in [0.15, 0.2) is 0 Å². The van der Waals surface area contributed by atoms with Crippen molar-refractivity contribution in [1.29, 1.82) is 0 Å². The third-order valence-corrected chi connectivity index (χ3v) is 5.03. The van der Waals surface area contributed by atoms with Gasteiger partial charge in [-0.2, -0.15) is 4.31 Å². The molecule has 0 bridgehead atoms. The summed E-state index contributed by atoms with van der Waals surface area (Å²) >= 11 is 0. The number of ether oxygens (including phenoxy) is 4. The predicted octanol–water partition coefficient (Wildman–Crippen LogP) is 0.912. The molecular weight excluding hydrogens is 350 g/mol. The van der Waals surface area contributed by atoms with Crippen LogP contribution in [0, 0.1) is 0 Å². The van der Waals surface area contributed by atoms with Crippen molar-refractivity contribution in [1.82, 2.24) is 4.31 Å². The van der Waals surface area contributed by atoms with Crippen molar-refractivity contribution < 1.29 is 32.2 Å². The number of hydrogen-bond donors (Lipinski definition) is 0. The van der Waals surface area contributed by atoms with Gasteiger partial charge < -0.3 is 18.9 Å². The van der Waals surface area contributed by atoms with Crippen molar-refractivity contribution in [3.05, 3.63) is 24.3 Å². The lowest BCUT2D eigenvalue weighted by Crippen LogP contribution is -2.38. The molecule has 0 aromatic heterocycles. The number of carbonyl (C=O) groups excluding carboxylic acids is 1. The van der Waals surface area contributed by atoms with Crippen LogP contribution in [0.2, 0.25) is 0 Å². The summed E-state index contributed by atoms with van der Waals surface area (Å²) in [5.41, 5.74) is 0. The summed E-state index contributed by atoms with van der Waals surface area (Å²) in [5, 5.41) is 0. The van der Waals surface area contributed by atoms with E-state index in [2.05, 4.69) is 0 Å². The second-order valence-corrected chi connectivity index (χ2v) is 6.89. The minimum absolute atomic E-state index is 0.0454. The Morgan fingerprint density at radius 3 is 2.24 bits per heavy atom. The van der Waals surface area contributed by atoms with E-state index in [0.29, 0.717) is 19.0 Å². The van der Waals surface area contributed by atoms with Crippen LogP contribution in [0.4, 0.5) is 0 Å². The molecule has 0 saturated heterocycles. The Hall–Kier alpha value is -1.68. The Morgan fingerprint density at radius 1 is 1.04 bits per heavy atom. The number of hydrogen-bond acceptors (Lipinski definition) is 7. The van der Waals surface area contributed by atoms with Crippen molar-refractivity contribution in [3.8, 4) is 5.75 Å². The lowest BCUT2D eigenvalue weighted by molar-refractivity contribution is -0.143. The molecule has 0 aliphatic carbocycles. The molecule has 0 N–H and O–H groups in total. The van der Waals surface area contributed by atoms with E-state index in [1.165, 1.54) is 19.2 Å². The van der Waals surface area contributed by atoms with Gasteiger partial charge in [-0.25, -0.2) is 8.42 Å². The molecule has 0 amide bonds. The standard InChI is InChI=1S/C16H25NO7S/c1-4-23-16(18)13-17(9-10-21-2)25(19,20)15-7-5-14(6-8-15)24-12-11-22-3/h5-8H,4,9-13H2,1-3H3. The van der Waals surface area contributed by atoms with E-state index in [1.807, 2.05) is 0 Å². The highest BCUT2D eigenvalue weighted by molar-refractivity contribution is 7.89.